The molecular weight excluding hydrogens is 242 g/mol. The maximum atomic E-state index is 11.7. The second-order valence-electron chi connectivity index (χ2n) is 4.73. The summed E-state index contributed by atoms with van der Waals surface area (Å²) in [5.41, 5.74) is 0. The molecule has 0 aromatic rings. The average molecular weight is 262 g/mol. The predicted octanol–water partition coefficient (Wildman–Crippen LogP) is 2.85. The van der Waals surface area contributed by atoms with E-state index in [0.717, 1.165) is 18.8 Å². The molecule has 1 amide bonds. The molecule has 82 valence electrons. The largest absolute Gasteiger partial charge is 0.352 e. The van der Waals surface area contributed by atoms with Crippen LogP contribution in [-0.2, 0) is 4.79 Å². The van der Waals surface area contributed by atoms with E-state index in [1.165, 1.54) is 12.8 Å². The van der Waals surface area contributed by atoms with Gasteiger partial charge in [0.1, 0.15) is 0 Å². The first-order chi connectivity index (χ1) is 6.43. The van der Waals surface area contributed by atoms with Gasteiger partial charge in [-0.3, -0.25) is 4.79 Å². The van der Waals surface area contributed by atoms with E-state index < -0.39 is 4.32 Å². The van der Waals surface area contributed by atoms with Gasteiger partial charge in [-0.15, -0.1) is 0 Å². The first-order valence-electron chi connectivity index (χ1n) is 5.43. The summed E-state index contributed by atoms with van der Waals surface area (Å²) in [5.74, 6) is 0.976. The Hall–Kier alpha value is -0.0500. The number of halogens is 1. The zero-order valence-corrected chi connectivity index (χ0v) is 10.9. The van der Waals surface area contributed by atoms with Crippen LogP contribution in [0.25, 0.3) is 0 Å². The number of rotatable bonds is 5. The molecular formula is C11H20BrNO. The Morgan fingerprint density at radius 2 is 2.14 bits per heavy atom. The van der Waals surface area contributed by atoms with Crippen LogP contribution in [0.4, 0.5) is 0 Å². The normalized spacial score (nSPS) is 19.1. The first kappa shape index (κ1) is 12.0. The Kier molecular flexibility index (Phi) is 3.99. The SMILES string of the molecule is CCC(CC1CC1)NC(=O)C(C)(C)Br. The van der Waals surface area contributed by atoms with Crippen molar-refractivity contribution in [2.24, 2.45) is 5.92 Å². The van der Waals surface area contributed by atoms with Crippen molar-refractivity contribution < 1.29 is 4.79 Å². The highest BCUT2D eigenvalue weighted by Crippen LogP contribution is 2.34. The number of carbonyl (C=O) groups excluding carboxylic acids is 1. The zero-order chi connectivity index (χ0) is 10.8. The van der Waals surface area contributed by atoms with E-state index >= 15 is 0 Å². The van der Waals surface area contributed by atoms with Gasteiger partial charge in [0, 0.05) is 6.04 Å². The van der Waals surface area contributed by atoms with Crippen molar-refractivity contribution in [2.75, 3.05) is 0 Å². The van der Waals surface area contributed by atoms with E-state index in [9.17, 15) is 4.79 Å². The van der Waals surface area contributed by atoms with Crippen LogP contribution in [-0.4, -0.2) is 16.3 Å². The van der Waals surface area contributed by atoms with E-state index in [1.54, 1.807) is 0 Å². The monoisotopic (exact) mass is 261 g/mol. The maximum absolute atomic E-state index is 11.7. The standard InChI is InChI=1S/C11H20BrNO/c1-4-9(7-8-5-6-8)13-10(14)11(2,3)12/h8-9H,4-7H2,1-3H3,(H,13,14). The van der Waals surface area contributed by atoms with Gasteiger partial charge >= 0.3 is 0 Å². The second kappa shape index (κ2) is 4.65. The predicted molar refractivity (Wildman–Crippen MR) is 62.6 cm³/mol. The minimum absolute atomic E-state index is 0.102. The topological polar surface area (TPSA) is 29.1 Å². The first-order valence-corrected chi connectivity index (χ1v) is 6.22. The molecule has 0 saturated heterocycles. The van der Waals surface area contributed by atoms with Crippen molar-refractivity contribution in [2.45, 2.75) is 56.8 Å². The number of hydrogen-bond acceptors (Lipinski definition) is 1. The quantitative estimate of drug-likeness (QED) is 0.758. The van der Waals surface area contributed by atoms with Gasteiger partial charge in [-0.1, -0.05) is 35.7 Å². The lowest BCUT2D eigenvalue weighted by Gasteiger charge is -2.22. The molecule has 1 atom stereocenters. The fraction of sp³-hybridized carbons (Fsp3) is 0.909. The molecule has 3 heteroatoms. The molecule has 0 radical (unpaired) electrons. The number of amides is 1. The summed E-state index contributed by atoms with van der Waals surface area (Å²) in [6.07, 6.45) is 4.89. The van der Waals surface area contributed by atoms with E-state index in [1.807, 2.05) is 13.8 Å². The summed E-state index contributed by atoms with van der Waals surface area (Å²) in [5, 5.41) is 3.09. The zero-order valence-electron chi connectivity index (χ0n) is 9.27. The highest BCUT2D eigenvalue weighted by molar-refractivity contribution is 9.10. The minimum Gasteiger partial charge on any atom is -0.352 e. The smallest absolute Gasteiger partial charge is 0.236 e. The maximum Gasteiger partial charge on any atom is 0.236 e. The van der Waals surface area contributed by atoms with Gasteiger partial charge in [0.25, 0.3) is 0 Å². The van der Waals surface area contributed by atoms with Gasteiger partial charge in [-0.25, -0.2) is 0 Å². The van der Waals surface area contributed by atoms with E-state index in [0.29, 0.717) is 6.04 Å². The van der Waals surface area contributed by atoms with Gasteiger partial charge < -0.3 is 5.32 Å². The molecule has 0 aromatic heterocycles. The van der Waals surface area contributed by atoms with Crippen LogP contribution in [0.1, 0.15) is 46.5 Å². The lowest BCUT2D eigenvalue weighted by Crippen LogP contribution is -2.43. The summed E-state index contributed by atoms with van der Waals surface area (Å²) in [6, 6.07) is 0.367. The van der Waals surface area contributed by atoms with Crippen LogP contribution in [0.5, 0.6) is 0 Å². The van der Waals surface area contributed by atoms with E-state index in [2.05, 4.69) is 28.2 Å². The van der Waals surface area contributed by atoms with Crippen LogP contribution >= 0.6 is 15.9 Å². The van der Waals surface area contributed by atoms with Crippen molar-refractivity contribution >= 4 is 21.8 Å². The Labute approximate surface area is 95.0 Å². The molecule has 1 rings (SSSR count). The average Bonchev–Trinajstić information content (AvgIpc) is 2.85. The van der Waals surface area contributed by atoms with Crippen LogP contribution in [0.15, 0.2) is 0 Å². The van der Waals surface area contributed by atoms with Gasteiger partial charge in [-0.05, 0) is 32.6 Å². The minimum atomic E-state index is -0.441. The van der Waals surface area contributed by atoms with Crippen LogP contribution in [0.2, 0.25) is 0 Å². The van der Waals surface area contributed by atoms with Crippen molar-refractivity contribution in [3.63, 3.8) is 0 Å². The highest BCUT2D eigenvalue weighted by atomic mass is 79.9. The van der Waals surface area contributed by atoms with Crippen molar-refractivity contribution in [1.82, 2.24) is 5.32 Å². The molecule has 0 aromatic carbocycles. The lowest BCUT2D eigenvalue weighted by atomic mass is 10.1. The lowest BCUT2D eigenvalue weighted by molar-refractivity contribution is -0.123. The number of alkyl halides is 1. The molecule has 1 fully saturated rings. The summed E-state index contributed by atoms with van der Waals surface area (Å²) >= 11 is 3.37. The van der Waals surface area contributed by atoms with Gasteiger partial charge in [0.2, 0.25) is 5.91 Å². The molecule has 2 nitrogen and oxygen atoms in total. The Morgan fingerprint density at radius 1 is 1.57 bits per heavy atom. The molecule has 0 bridgehead atoms. The van der Waals surface area contributed by atoms with Gasteiger partial charge in [-0.2, -0.15) is 0 Å². The third-order valence-corrected chi connectivity index (χ3v) is 3.04. The molecule has 1 aliphatic carbocycles. The van der Waals surface area contributed by atoms with E-state index in [4.69, 9.17) is 0 Å². The third-order valence-electron chi connectivity index (χ3n) is 2.68. The molecule has 14 heavy (non-hydrogen) atoms. The van der Waals surface area contributed by atoms with Crippen LogP contribution < -0.4 is 5.32 Å². The van der Waals surface area contributed by atoms with Crippen LogP contribution in [0.3, 0.4) is 0 Å². The van der Waals surface area contributed by atoms with Crippen molar-refractivity contribution in [3.05, 3.63) is 0 Å². The number of hydrogen-bond donors (Lipinski definition) is 1. The molecule has 1 aliphatic rings. The fourth-order valence-electron chi connectivity index (χ4n) is 1.44. The fourth-order valence-corrected chi connectivity index (χ4v) is 1.56. The third kappa shape index (κ3) is 3.99. The Bertz CT molecular complexity index is 206. The molecule has 0 heterocycles. The van der Waals surface area contributed by atoms with Gasteiger partial charge in [0.05, 0.1) is 4.32 Å². The molecule has 0 spiro atoms. The molecule has 1 saturated carbocycles. The Balaban J connectivity index is 2.34. The summed E-state index contributed by atoms with van der Waals surface area (Å²) < 4.78 is -0.441. The number of nitrogens with one attached hydrogen (secondary N) is 1. The molecule has 0 aliphatic heterocycles. The number of carbonyl (C=O) groups is 1. The highest BCUT2D eigenvalue weighted by Gasteiger charge is 2.29. The molecule has 1 N–H and O–H groups in total. The second-order valence-corrected chi connectivity index (χ2v) is 6.71. The summed E-state index contributed by atoms with van der Waals surface area (Å²) in [6.45, 7) is 5.90. The summed E-state index contributed by atoms with van der Waals surface area (Å²) in [4.78, 5) is 11.7. The molecule has 1 unspecified atom stereocenters. The van der Waals surface area contributed by atoms with E-state index in [-0.39, 0.29) is 5.91 Å². The summed E-state index contributed by atoms with van der Waals surface area (Å²) in [7, 11) is 0. The Morgan fingerprint density at radius 3 is 2.50 bits per heavy atom. The van der Waals surface area contributed by atoms with Gasteiger partial charge in [0.15, 0.2) is 0 Å². The van der Waals surface area contributed by atoms with Crippen molar-refractivity contribution in [3.8, 4) is 0 Å². The van der Waals surface area contributed by atoms with Crippen LogP contribution in [0, 0.1) is 5.92 Å². The van der Waals surface area contributed by atoms with Crippen molar-refractivity contribution in [1.29, 1.82) is 0 Å².